The van der Waals surface area contributed by atoms with Crippen LogP contribution in [0, 0.1) is 5.92 Å². The van der Waals surface area contributed by atoms with Crippen LogP contribution in [-0.2, 0) is 6.42 Å². The smallest absolute Gasteiger partial charge is 0.0162 e. The molecule has 1 aliphatic carbocycles. The van der Waals surface area contributed by atoms with E-state index in [-0.39, 0.29) is 0 Å². The topological polar surface area (TPSA) is 0 Å². The molecular weight excluding hydrogens is 276 g/mol. The van der Waals surface area contributed by atoms with Crippen LogP contribution in [0.1, 0.15) is 69.4 Å². The highest BCUT2D eigenvalue weighted by Gasteiger charge is 2.19. The molecule has 2 aromatic carbocycles. The van der Waals surface area contributed by atoms with Gasteiger partial charge in [-0.05, 0) is 59.8 Å². The van der Waals surface area contributed by atoms with Crippen molar-refractivity contribution in [3.8, 4) is 11.1 Å². The Kier molecular flexibility index (Phi) is 5.54. The van der Waals surface area contributed by atoms with Crippen LogP contribution in [0.3, 0.4) is 0 Å². The maximum absolute atomic E-state index is 2.39. The molecule has 0 aromatic heterocycles. The fraction of sp³-hybridized carbons (Fsp3) is 0.478. The van der Waals surface area contributed by atoms with Gasteiger partial charge in [-0.15, -0.1) is 0 Å². The van der Waals surface area contributed by atoms with Crippen molar-refractivity contribution in [1.29, 1.82) is 0 Å². The zero-order valence-electron chi connectivity index (χ0n) is 14.7. The van der Waals surface area contributed by atoms with E-state index in [1.165, 1.54) is 61.6 Å². The van der Waals surface area contributed by atoms with E-state index in [1.807, 2.05) is 0 Å². The summed E-state index contributed by atoms with van der Waals surface area (Å²) in [6.45, 7) is 4.65. The van der Waals surface area contributed by atoms with Gasteiger partial charge in [-0.1, -0.05) is 81.6 Å². The summed E-state index contributed by atoms with van der Waals surface area (Å²) in [6, 6.07) is 18.5. The van der Waals surface area contributed by atoms with Crippen molar-refractivity contribution in [2.24, 2.45) is 5.92 Å². The molecule has 0 radical (unpaired) electrons. The average molecular weight is 306 g/mol. The summed E-state index contributed by atoms with van der Waals surface area (Å²) in [5.41, 5.74) is 5.69. The molecule has 0 amide bonds. The second kappa shape index (κ2) is 7.81. The Morgan fingerprint density at radius 1 is 0.783 bits per heavy atom. The molecule has 1 saturated carbocycles. The molecule has 0 atom stereocenters. The van der Waals surface area contributed by atoms with Crippen LogP contribution in [0.5, 0.6) is 0 Å². The SMILES string of the molecule is CCCCc1ccc(-c2ccc(C3CCC(C)CC3)cc2)cc1. The summed E-state index contributed by atoms with van der Waals surface area (Å²) in [4.78, 5) is 0. The minimum atomic E-state index is 0.789. The largest absolute Gasteiger partial charge is 0.0654 e. The van der Waals surface area contributed by atoms with Crippen molar-refractivity contribution < 1.29 is 0 Å². The van der Waals surface area contributed by atoms with Gasteiger partial charge in [0.15, 0.2) is 0 Å². The van der Waals surface area contributed by atoms with E-state index in [2.05, 4.69) is 62.4 Å². The van der Waals surface area contributed by atoms with Crippen molar-refractivity contribution >= 4 is 0 Å². The highest BCUT2D eigenvalue weighted by molar-refractivity contribution is 5.64. The molecule has 0 saturated heterocycles. The second-order valence-corrected chi connectivity index (χ2v) is 7.38. The molecule has 0 aliphatic heterocycles. The van der Waals surface area contributed by atoms with E-state index >= 15 is 0 Å². The Morgan fingerprint density at radius 3 is 1.91 bits per heavy atom. The minimum absolute atomic E-state index is 0.789. The standard InChI is InChI=1S/C23H30/c1-3-4-5-19-8-12-21(13-9-19)23-16-14-22(15-17-23)20-10-6-18(2)7-11-20/h8-9,12-18,20H,3-7,10-11H2,1-2H3. The van der Waals surface area contributed by atoms with Crippen molar-refractivity contribution in [2.45, 2.75) is 64.7 Å². The molecule has 1 aliphatic rings. The highest BCUT2D eigenvalue weighted by atomic mass is 14.2. The summed E-state index contributed by atoms with van der Waals surface area (Å²) < 4.78 is 0. The Morgan fingerprint density at radius 2 is 1.35 bits per heavy atom. The van der Waals surface area contributed by atoms with Gasteiger partial charge in [0.25, 0.3) is 0 Å². The second-order valence-electron chi connectivity index (χ2n) is 7.38. The van der Waals surface area contributed by atoms with Crippen LogP contribution in [0.4, 0.5) is 0 Å². The molecule has 0 spiro atoms. The predicted octanol–water partition coefficient (Wildman–Crippen LogP) is 6.99. The first-order valence-electron chi connectivity index (χ1n) is 9.45. The summed E-state index contributed by atoms with van der Waals surface area (Å²) in [5.74, 6) is 1.72. The van der Waals surface area contributed by atoms with Gasteiger partial charge < -0.3 is 0 Å². The molecule has 122 valence electrons. The zero-order valence-corrected chi connectivity index (χ0v) is 14.7. The van der Waals surface area contributed by atoms with E-state index in [4.69, 9.17) is 0 Å². The van der Waals surface area contributed by atoms with Crippen molar-refractivity contribution in [2.75, 3.05) is 0 Å². The van der Waals surface area contributed by atoms with Gasteiger partial charge >= 0.3 is 0 Å². The lowest BCUT2D eigenvalue weighted by Crippen LogP contribution is -2.10. The monoisotopic (exact) mass is 306 g/mol. The van der Waals surface area contributed by atoms with Gasteiger partial charge in [0.1, 0.15) is 0 Å². The van der Waals surface area contributed by atoms with Gasteiger partial charge in [-0.25, -0.2) is 0 Å². The van der Waals surface area contributed by atoms with Gasteiger partial charge in [0.2, 0.25) is 0 Å². The third-order valence-electron chi connectivity index (χ3n) is 5.50. The first kappa shape index (κ1) is 16.3. The summed E-state index contributed by atoms with van der Waals surface area (Å²) in [7, 11) is 0. The predicted molar refractivity (Wildman–Crippen MR) is 101 cm³/mol. The Bertz CT molecular complexity index is 583. The molecule has 23 heavy (non-hydrogen) atoms. The number of rotatable bonds is 5. The fourth-order valence-electron chi connectivity index (χ4n) is 3.79. The van der Waals surface area contributed by atoms with Gasteiger partial charge in [-0.2, -0.15) is 0 Å². The number of hydrogen-bond acceptors (Lipinski definition) is 0. The maximum Gasteiger partial charge on any atom is -0.0162 e. The molecular formula is C23H30. The Balaban J connectivity index is 1.67. The van der Waals surface area contributed by atoms with E-state index in [9.17, 15) is 0 Å². The lowest BCUT2D eigenvalue weighted by atomic mass is 9.79. The van der Waals surface area contributed by atoms with E-state index in [0.29, 0.717) is 0 Å². The molecule has 0 heterocycles. The first-order valence-corrected chi connectivity index (χ1v) is 9.45. The number of benzene rings is 2. The van der Waals surface area contributed by atoms with Crippen LogP contribution >= 0.6 is 0 Å². The van der Waals surface area contributed by atoms with Crippen LogP contribution in [0.15, 0.2) is 48.5 Å². The van der Waals surface area contributed by atoms with Gasteiger partial charge in [0, 0.05) is 0 Å². The van der Waals surface area contributed by atoms with Crippen LogP contribution in [0.25, 0.3) is 11.1 Å². The molecule has 0 unspecified atom stereocenters. The molecule has 1 fully saturated rings. The molecule has 3 rings (SSSR count). The summed E-state index contributed by atoms with van der Waals surface area (Å²) >= 11 is 0. The molecule has 2 aromatic rings. The average Bonchev–Trinajstić information content (AvgIpc) is 2.61. The third-order valence-corrected chi connectivity index (χ3v) is 5.50. The lowest BCUT2D eigenvalue weighted by Gasteiger charge is -2.26. The zero-order chi connectivity index (χ0) is 16.1. The summed E-state index contributed by atoms with van der Waals surface area (Å²) in [5, 5.41) is 0. The van der Waals surface area contributed by atoms with E-state index in [1.54, 1.807) is 5.56 Å². The van der Waals surface area contributed by atoms with E-state index < -0.39 is 0 Å². The van der Waals surface area contributed by atoms with E-state index in [0.717, 1.165) is 11.8 Å². The maximum atomic E-state index is 2.39. The van der Waals surface area contributed by atoms with Crippen molar-refractivity contribution in [3.05, 3.63) is 59.7 Å². The summed E-state index contributed by atoms with van der Waals surface area (Å²) in [6.07, 6.45) is 9.28. The normalized spacial score (nSPS) is 21.3. The highest BCUT2D eigenvalue weighted by Crippen LogP contribution is 2.36. The first-order chi connectivity index (χ1) is 11.3. The van der Waals surface area contributed by atoms with Gasteiger partial charge in [-0.3, -0.25) is 0 Å². The van der Waals surface area contributed by atoms with Crippen LogP contribution in [-0.4, -0.2) is 0 Å². The number of unbranched alkanes of at least 4 members (excludes halogenated alkanes) is 1. The quantitative estimate of drug-likeness (QED) is 0.558. The van der Waals surface area contributed by atoms with Crippen molar-refractivity contribution in [1.82, 2.24) is 0 Å². The fourth-order valence-corrected chi connectivity index (χ4v) is 3.79. The Labute approximate surface area is 141 Å². The Hall–Kier alpha value is -1.56. The lowest BCUT2D eigenvalue weighted by molar-refractivity contribution is 0.348. The van der Waals surface area contributed by atoms with Crippen molar-refractivity contribution in [3.63, 3.8) is 0 Å². The van der Waals surface area contributed by atoms with Crippen LogP contribution in [0.2, 0.25) is 0 Å². The van der Waals surface area contributed by atoms with Gasteiger partial charge in [0.05, 0.1) is 0 Å². The molecule has 0 N–H and O–H groups in total. The minimum Gasteiger partial charge on any atom is -0.0654 e. The molecule has 0 nitrogen and oxygen atoms in total. The van der Waals surface area contributed by atoms with Crippen LogP contribution < -0.4 is 0 Å². The number of hydrogen-bond donors (Lipinski definition) is 0. The number of aryl methyl sites for hydroxylation is 1. The third kappa shape index (κ3) is 4.25. The molecule has 0 bridgehead atoms. The molecule has 0 heteroatoms.